The van der Waals surface area contributed by atoms with Crippen molar-refractivity contribution < 1.29 is 67.7 Å². The van der Waals surface area contributed by atoms with Crippen LogP contribution in [0.15, 0.2) is 11.6 Å². The number of aliphatic hydroxyl groups excluding tert-OH is 1. The third-order valence-corrected chi connectivity index (χ3v) is 15.4. The molecule has 0 aromatic heterocycles. The minimum atomic E-state index is -2.26. The van der Waals surface area contributed by atoms with Gasteiger partial charge in [0.1, 0.15) is 24.9 Å². The van der Waals surface area contributed by atoms with Gasteiger partial charge in [-0.25, -0.2) is 9.59 Å². The third kappa shape index (κ3) is 8.01. The van der Waals surface area contributed by atoms with Crippen LogP contribution in [-0.4, -0.2) is 107 Å². The molecule has 0 radical (unpaired) electrons. The number of ketones is 1. The number of hydrogen-bond donors (Lipinski definition) is 3. The molecule has 0 amide bonds. The average Bonchev–Trinajstić information content (AvgIpc) is 3.69. The van der Waals surface area contributed by atoms with Gasteiger partial charge in [-0.2, -0.15) is 0 Å². The van der Waals surface area contributed by atoms with Gasteiger partial charge in [0.05, 0.1) is 25.2 Å². The summed E-state index contributed by atoms with van der Waals surface area (Å²) in [6.45, 7) is 16.3. The highest BCUT2D eigenvalue weighted by Gasteiger charge is 2.84. The van der Waals surface area contributed by atoms with Crippen molar-refractivity contribution in [2.45, 2.75) is 181 Å². The van der Waals surface area contributed by atoms with Crippen LogP contribution in [0.5, 0.6) is 0 Å². The second kappa shape index (κ2) is 17.3. The first kappa shape index (κ1) is 45.9. The molecule has 14 heteroatoms. The van der Waals surface area contributed by atoms with Crippen molar-refractivity contribution in [2.75, 3.05) is 19.8 Å². The molecule has 14 nitrogen and oxygen atoms in total. The molecule has 3 aliphatic carbocycles. The molecular weight excluding hydrogens is 764 g/mol. The van der Waals surface area contributed by atoms with Gasteiger partial charge < -0.3 is 48.5 Å². The van der Waals surface area contributed by atoms with Crippen LogP contribution in [0.3, 0.4) is 0 Å². The average molecular weight is 835 g/mol. The van der Waals surface area contributed by atoms with Crippen LogP contribution in [0.2, 0.25) is 0 Å². The highest BCUT2D eigenvalue weighted by Crippen LogP contribution is 2.74. The van der Waals surface area contributed by atoms with E-state index in [4.69, 9.17) is 33.2 Å². The van der Waals surface area contributed by atoms with E-state index < -0.39 is 106 Å². The molecule has 2 saturated carbocycles. The van der Waals surface area contributed by atoms with Crippen LogP contribution in [0.25, 0.3) is 0 Å². The molecule has 0 aromatic rings. The minimum Gasteiger partial charge on any atom is -0.459 e. The highest BCUT2D eigenvalue weighted by atomic mass is 16.8. The molecule has 13 atom stereocenters. The summed E-state index contributed by atoms with van der Waals surface area (Å²) in [6.07, 6.45) is 4.24. The highest BCUT2D eigenvalue weighted by molar-refractivity contribution is 5.97. The maximum Gasteiger partial charge on any atom is 0.509 e. The standard InChI is InChI=1S/C45H70O14/c1-10-11-12-13-14-15-16-17-18-41(8)54-23-29(59-41)22-53-40(50)58-37-31(46)19-27(6)30-20-32-43-24-55-45(52,39(43)42(30,37)9)36(48)28(7)34(43)35(38(49)56-32)57-33(47)21-44(51,25(2)3)26(4)5/h19,25-26,28-30,32,34-37,39,48,51-52H,10-18,20-24H2,1-9H3/t28-,29?,30+,32-,34-,35-,36-,37-,39-,41?,42-,43?,45+/m1/s1. The van der Waals surface area contributed by atoms with Gasteiger partial charge in [0.2, 0.25) is 6.10 Å². The molecule has 0 aromatic carbocycles. The summed E-state index contributed by atoms with van der Waals surface area (Å²) in [5.74, 6) is -9.32. The molecule has 2 bridgehead atoms. The van der Waals surface area contributed by atoms with Crippen LogP contribution in [0.4, 0.5) is 4.79 Å². The van der Waals surface area contributed by atoms with Crippen molar-refractivity contribution >= 4 is 23.9 Å². The first-order valence-electron chi connectivity index (χ1n) is 22.2. The lowest BCUT2D eigenvalue weighted by molar-refractivity contribution is -0.340. The van der Waals surface area contributed by atoms with E-state index in [1.54, 1.807) is 48.5 Å². The Bertz CT molecular complexity index is 1600. The predicted octanol–water partition coefficient (Wildman–Crippen LogP) is 5.94. The fourth-order valence-electron chi connectivity index (χ4n) is 12.2. The van der Waals surface area contributed by atoms with E-state index in [-0.39, 0.29) is 44.5 Å². The fourth-order valence-corrected chi connectivity index (χ4v) is 12.2. The lowest BCUT2D eigenvalue weighted by Crippen LogP contribution is -2.78. The molecular formula is C45H70O14. The van der Waals surface area contributed by atoms with Gasteiger partial charge in [-0.15, -0.1) is 0 Å². The molecule has 3 saturated heterocycles. The normalized spacial score (nSPS) is 40.0. The van der Waals surface area contributed by atoms with E-state index in [9.17, 15) is 34.5 Å². The maximum atomic E-state index is 14.0. The largest absolute Gasteiger partial charge is 0.509 e. The van der Waals surface area contributed by atoms with Crippen molar-refractivity contribution in [3.63, 3.8) is 0 Å². The Labute approximate surface area is 349 Å². The van der Waals surface area contributed by atoms with Crippen LogP contribution in [0.1, 0.15) is 133 Å². The van der Waals surface area contributed by atoms with E-state index in [0.29, 0.717) is 12.0 Å². The van der Waals surface area contributed by atoms with Crippen LogP contribution >= 0.6 is 0 Å². The Morgan fingerprint density at radius 3 is 2.27 bits per heavy atom. The first-order chi connectivity index (χ1) is 27.7. The maximum absolute atomic E-state index is 14.0. The zero-order valence-corrected chi connectivity index (χ0v) is 36.7. The third-order valence-electron chi connectivity index (χ3n) is 15.4. The number of carbonyl (C=O) groups is 4. The Balaban J connectivity index is 1.19. The van der Waals surface area contributed by atoms with Gasteiger partial charge in [0.25, 0.3) is 0 Å². The van der Waals surface area contributed by atoms with Gasteiger partial charge in [-0.05, 0) is 56.4 Å². The molecule has 3 heterocycles. The molecule has 1 spiro atoms. The molecule has 3 aliphatic heterocycles. The van der Waals surface area contributed by atoms with E-state index >= 15 is 0 Å². The van der Waals surface area contributed by atoms with Crippen molar-refractivity contribution in [2.24, 2.45) is 46.3 Å². The summed E-state index contributed by atoms with van der Waals surface area (Å²) in [5, 5.41) is 35.9. The molecule has 6 rings (SSSR count). The van der Waals surface area contributed by atoms with Gasteiger partial charge in [-0.1, -0.05) is 99.0 Å². The topological polar surface area (TPSA) is 194 Å². The summed E-state index contributed by atoms with van der Waals surface area (Å²) in [4.78, 5) is 55.2. The summed E-state index contributed by atoms with van der Waals surface area (Å²) >= 11 is 0. The number of fused-ring (bicyclic) bond motifs is 1. The molecule has 6 aliphatic rings. The van der Waals surface area contributed by atoms with Gasteiger partial charge in [0.15, 0.2) is 23.5 Å². The predicted molar refractivity (Wildman–Crippen MR) is 212 cm³/mol. The fraction of sp³-hybridized carbons (Fsp3) is 0.867. The summed E-state index contributed by atoms with van der Waals surface area (Å²) in [5.41, 5.74) is -3.48. The molecule has 334 valence electrons. The molecule has 3 unspecified atom stereocenters. The number of unbranched alkanes of at least 4 members (excludes halogenated alkanes) is 7. The van der Waals surface area contributed by atoms with E-state index in [0.717, 1.165) is 12.8 Å². The number of esters is 2. The summed E-state index contributed by atoms with van der Waals surface area (Å²) < 4.78 is 42.0. The zero-order valence-electron chi connectivity index (χ0n) is 36.7. The number of carbonyl (C=O) groups excluding carboxylic acids is 4. The Morgan fingerprint density at radius 1 is 0.983 bits per heavy atom. The zero-order chi connectivity index (χ0) is 43.3. The van der Waals surface area contributed by atoms with Crippen LogP contribution < -0.4 is 0 Å². The number of hydrogen-bond acceptors (Lipinski definition) is 14. The SMILES string of the molecule is CCCCCCCCCCC1(C)OCC(COC(=O)O[C@@H]2C(=O)C=C(C)[C@@H]3C[C@H]4OC(=O)[C@H](OC(=O)CC(O)(C(C)C)C(C)C)[C@H]5[C@@H](C)[C@@H](O)[C@]6(O)OCC54[C@H]6[C@@]23C)O1. The smallest absolute Gasteiger partial charge is 0.459 e. The van der Waals surface area contributed by atoms with Gasteiger partial charge in [-0.3, -0.25) is 9.59 Å². The van der Waals surface area contributed by atoms with Crippen LogP contribution in [0, 0.1) is 46.3 Å². The quantitative estimate of drug-likeness (QED) is 0.0885. The Kier molecular flexibility index (Phi) is 13.4. The molecule has 5 fully saturated rings. The number of rotatable bonds is 17. The molecule has 3 N–H and O–H groups in total. The monoisotopic (exact) mass is 834 g/mol. The summed E-state index contributed by atoms with van der Waals surface area (Å²) in [6, 6.07) is 0. The first-order valence-corrected chi connectivity index (χ1v) is 22.2. The van der Waals surface area contributed by atoms with Crippen LogP contribution in [-0.2, 0) is 47.5 Å². The number of aliphatic hydroxyl groups is 3. The number of ether oxygens (including phenoxy) is 7. The number of allylic oxidation sites excluding steroid dienone is 1. The minimum absolute atomic E-state index is 0.172. The van der Waals surface area contributed by atoms with Crippen molar-refractivity contribution in [1.82, 2.24) is 0 Å². The van der Waals surface area contributed by atoms with E-state index in [2.05, 4.69) is 6.92 Å². The van der Waals surface area contributed by atoms with Crippen molar-refractivity contribution in [3.8, 4) is 0 Å². The Hall–Kier alpha value is -2.62. The van der Waals surface area contributed by atoms with Crippen molar-refractivity contribution in [1.29, 1.82) is 0 Å². The lowest BCUT2D eigenvalue weighted by atomic mass is 9.38. The molecule has 59 heavy (non-hydrogen) atoms. The van der Waals surface area contributed by atoms with E-state index in [1.165, 1.54) is 44.6 Å². The second-order valence-corrected chi connectivity index (χ2v) is 19.6. The van der Waals surface area contributed by atoms with Gasteiger partial charge in [0, 0.05) is 29.1 Å². The summed E-state index contributed by atoms with van der Waals surface area (Å²) in [7, 11) is 0. The van der Waals surface area contributed by atoms with Crippen molar-refractivity contribution in [3.05, 3.63) is 11.6 Å². The van der Waals surface area contributed by atoms with E-state index in [1.807, 2.05) is 6.92 Å². The van der Waals surface area contributed by atoms with Gasteiger partial charge >= 0.3 is 18.1 Å². The lowest BCUT2D eigenvalue weighted by Gasteiger charge is -2.68. The second-order valence-electron chi connectivity index (χ2n) is 19.6. The Morgan fingerprint density at radius 2 is 1.63 bits per heavy atom.